The second-order valence-corrected chi connectivity index (χ2v) is 6.48. The maximum absolute atomic E-state index is 12.1. The smallest absolute Gasteiger partial charge is 0.336 e. The summed E-state index contributed by atoms with van der Waals surface area (Å²) in [6.07, 6.45) is 2.93. The summed E-state index contributed by atoms with van der Waals surface area (Å²) >= 11 is 0. The molecule has 0 saturated heterocycles. The van der Waals surface area contributed by atoms with Crippen molar-refractivity contribution < 1.29 is 18.7 Å². The van der Waals surface area contributed by atoms with Gasteiger partial charge in [-0.2, -0.15) is 5.26 Å². The molecular formula is C23H19NO5. The number of fused-ring (bicyclic) bond motifs is 1. The van der Waals surface area contributed by atoms with Crippen LogP contribution in [0.1, 0.15) is 22.3 Å². The van der Waals surface area contributed by atoms with Crippen LogP contribution in [0.25, 0.3) is 17.0 Å². The SMILES string of the molecule is Cc1cc2oc(=O)cc(COC(=O)/C=C/c3ccc(OCC#N)cc3)c2cc1C. The molecule has 0 amide bonds. The molecular weight excluding hydrogens is 370 g/mol. The van der Waals surface area contributed by atoms with Gasteiger partial charge >= 0.3 is 11.6 Å². The van der Waals surface area contributed by atoms with Gasteiger partial charge in [-0.1, -0.05) is 12.1 Å². The fourth-order valence-corrected chi connectivity index (χ4v) is 2.75. The van der Waals surface area contributed by atoms with E-state index in [1.807, 2.05) is 26.0 Å². The first-order chi connectivity index (χ1) is 14.0. The predicted molar refractivity (Wildman–Crippen MR) is 108 cm³/mol. The minimum absolute atomic E-state index is 0.0207. The van der Waals surface area contributed by atoms with Crippen LogP contribution in [-0.2, 0) is 16.1 Å². The summed E-state index contributed by atoms with van der Waals surface area (Å²) in [6.45, 7) is 3.85. The lowest BCUT2D eigenvalue weighted by atomic mass is 10.0. The van der Waals surface area contributed by atoms with Crippen molar-refractivity contribution in [1.29, 1.82) is 5.26 Å². The Bertz CT molecular complexity index is 1170. The third-order valence-corrected chi connectivity index (χ3v) is 4.41. The van der Waals surface area contributed by atoms with Gasteiger partial charge in [0.15, 0.2) is 6.61 Å². The summed E-state index contributed by atoms with van der Waals surface area (Å²) in [5, 5.41) is 9.25. The first-order valence-electron chi connectivity index (χ1n) is 8.95. The molecule has 1 heterocycles. The van der Waals surface area contributed by atoms with E-state index in [9.17, 15) is 9.59 Å². The maximum atomic E-state index is 12.1. The quantitative estimate of drug-likeness (QED) is 0.359. The van der Waals surface area contributed by atoms with Crippen molar-refractivity contribution in [3.05, 3.63) is 81.2 Å². The number of aryl methyl sites for hydroxylation is 2. The number of carbonyl (C=O) groups excluding carboxylic acids is 1. The molecule has 0 atom stereocenters. The van der Waals surface area contributed by atoms with Crippen LogP contribution in [0.3, 0.4) is 0 Å². The van der Waals surface area contributed by atoms with Crippen molar-refractivity contribution in [2.45, 2.75) is 20.5 Å². The van der Waals surface area contributed by atoms with E-state index in [-0.39, 0.29) is 13.2 Å². The first-order valence-corrected chi connectivity index (χ1v) is 8.95. The molecule has 1 aromatic heterocycles. The molecule has 0 N–H and O–H groups in total. The lowest BCUT2D eigenvalue weighted by Gasteiger charge is -2.08. The second kappa shape index (κ2) is 8.89. The molecule has 0 bridgehead atoms. The summed E-state index contributed by atoms with van der Waals surface area (Å²) in [4.78, 5) is 23.9. The highest BCUT2D eigenvalue weighted by Gasteiger charge is 2.09. The Kier molecular flexibility index (Phi) is 6.10. The zero-order chi connectivity index (χ0) is 20.8. The molecule has 0 fully saturated rings. The number of rotatable bonds is 6. The van der Waals surface area contributed by atoms with Crippen LogP contribution in [0.5, 0.6) is 5.75 Å². The number of esters is 1. The Hall–Kier alpha value is -3.85. The molecule has 6 nitrogen and oxygen atoms in total. The highest BCUT2D eigenvalue weighted by molar-refractivity contribution is 5.87. The van der Waals surface area contributed by atoms with Crippen LogP contribution in [0.15, 0.2) is 57.8 Å². The van der Waals surface area contributed by atoms with Crippen LogP contribution >= 0.6 is 0 Å². The summed E-state index contributed by atoms with van der Waals surface area (Å²) in [5.74, 6) is 0.0478. The maximum Gasteiger partial charge on any atom is 0.336 e. The van der Waals surface area contributed by atoms with Gasteiger partial charge in [-0.05, 0) is 60.9 Å². The minimum Gasteiger partial charge on any atom is -0.479 e. The van der Waals surface area contributed by atoms with Crippen LogP contribution in [0.4, 0.5) is 0 Å². The molecule has 3 rings (SSSR count). The Morgan fingerprint density at radius 2 is 1.86 bits per heavy atom. The van der Waals surface area contributed by atoms with Crippen LogP contribution < -0.4 is 10.4 Å². The zero-order valence-corrected chi connectivity index (χ0v) is 16.1. The second-order valence-electron chi connectivity index (χ2n) is 6.48. The van der Waals surface area contributed by atoms with Crippen molar-refractivity contribution >= 4 is 23.0 Å². The Morgan fingerprint density at radius 1 is 1.14 bits per heavy atom. The summed E-state index contributed by atoms with van der Waals surface area (Å²) in [7, 11) is 0. The summed E-state index contributed by atoms with van der Waals surface area (Å²) in [6, 6.07) is 13.9. The highest BCUT2D eigenvalue weighted by atomic mass is 16.5. The summed E-state index contributed by atoms with van der Waals surface area (Å²) in [5.41, 5.74) is 3.44. The lowest BCUT2D eigenvalue weighted by Crippen LogP contribution is -2.06. The first kappa shape index (κ1) is 19.9. The van der Waals surface area contributed by atoms with Gasteiger partial charge < -0.3 is 13.9 Å². The van der Waals surface area contributed by atoms with E-state index in [0.29, 0.717) is 16.9 Å². The number of nitriles is 1. The van der Waals surface area contributed by atoms with Crippen molar-refractivity contribution in [3.8, 4) is 11.8 Å². The van der Waals surface area contributed by atoms with Gasteiger partial charge in [0.25, 0.3) is 0 Å². The Balaban J connectivity index is 1.68. The van der Waals surface area contributed by atoms with Gasteiger partial charge in [0.1, 0.15) is 24.0 Å². The van der Waals surface area contributed by atoms with E-state index in [1.54, 1.807) is 36.4 Å². The van der Waals surface area contributed by atoms with Gasteiger partial charge in [0, 0.05) is 23.1 Å². The van der Waals surface area contributed by atoms with Gasteiger partial charge in [0.05, 0.1) is 0 Å². The van der Waals surface area contributed by atoms with Gasteiger partial charge in [-0.3, -0.25) is 0 Å². The molecule has 29 heavy (non-hydrogen) atoms. The van der Waals surface area contributed by atoms with Crippen molar-refractivity contribution in [1.82, 2.24) is 0 Å². The monoisotopic (exact) mass is 389 g/mol. The lowest BCUT2D eigenvalue weighted by molar-refractivity contribution is -0.138. The predicted octanol–water partition coefficient (Wildman–Crippen LogP) is 4.07. The molecule has 0 saturated carbocycles. The van der Waals surface area contributed by atoms with E-state index in [4.69, 9.17) is 19.2 Å². The fourth-order valence-electron chi connectivity index (χ4n) is 2.75. The molecule has 3 aromatic rings. The van der Waals surface area contributed by atoms with Gasteiger partial charge in [-0.15, -0.1) is 0 Å². The molecule has 0 aliphatic rings. The van der Waals surface area contributed by atoms with E-state index in [0.717, 1.165) is 22.1 Å². The van der Waals surface area contributed by atoms with E-state index < -0.39 is 11.6 Å². The van der Waals surface area contributed by atoms with Gasteiger partial charge in [-0.25, -0.2) is 9.59 Å². The number of carbonyl (C=O) groups is 1. The molecule has 146 valence electrons. The standard InChI is InChI=1S/C23H19NO5/c1-15-11-20-18(13-23(26)29-21(20)12-16(15)2)14-28-22(25)8-5-17-3-6-19(7-4-17)27-10-9-24/h3-8,11-13H,10,14H2,1-2H3/b8-5+. The zero-order valence-electron chi connectivity index (χ0n) is 16.1. The van der Waals surface area contributed by atoms with Crippen molar-refractivity contribution in [2.75, 3.05) is 6.61 Å². The average molecular weight is 389 g/mol. The number of benzene rings is 2. The van der Waals surface area contributed by atoms with E-state index in [1.165, 1.54) is 12.1 Å². The normalized spacial score (nSPS) is 10.8. The van der Waals surface area contributed by atoms with E-state index in [2.05, 4.69) is 0 Å². The van der Waals surface area contributed by atoms with Crippen LogP contribution in [-0.4, -0.2) is 12.6 Å². The van der Waals surface area contributed by atoms with E-state index >= 15 is 0 Å². The molecule has 0 radical (unpaired) electrons. The summed E-state index contributed by atoms with van der Waals surface area (Å²) < 4.78 is 15.7. The topological polar surface area (TPSA) is 89.5 Å². The molecule has 6 heteroatoms. The Morgan fingerprint density at radius 3 is 2.59 bits per heavy atom. The number of hydrogen-bond acceptors (Lipinski definition) is 6. The fraction of sp³-hybridized carbons (Fsp3) is 0.174. The minimum atomic E-state index is -0.528. The number of ether oxygens (including phenoxy) is 2. The average Bonchev–Trinajstić information content (AvgIpc) is 2.71. The van der Waals surface area contributed by atoms with Gasteiger partial charge in [0.2, 0.25) is 0 Å². The largest absolute Gasteiger partial charge is 0.479 e. The van der Waals surface area contributed by atoms with Crippen molar-refractivity contribution in [2.24, 2.45) is 0 Å². The van der Waals surface area contributed by atoms with Crippen molar-refractivity contribution in [3.63, 3.8) is 0 Å². The number of nitrogens with zero attached hydrogens (tertiary/aromatic N) is 1. The molecule has 0 aliphatic carbocycles. The van der Waals surface area contributed by atoms with Crippen LogP contribution in [0.2, 0.25) is 0 Å². The third kappa shape index (κ3) is 5.11. The number of hydrogen-bond donors (Lipinski definition) is 0. The Labute approximate surface area is 167 Å². The molecule has 0 aliphatic heterocycles. The highest BCUT2D eigenvalue weighted by Crippen LogP contribution is 2.22. The molecule has 0 unspecified atom stereocenters. The molecule has 0 spiro atoms. The van der Waals surface area contributed by atoms with Crippen LogP contribution in [0, 0.1) is 25.2 Å². The molecule has 2 aromatic carbocycles. The third-order valence-electron chi connectivity index (χ3n) is 4.41.